The first-order valence-corrected chi connectivity index (χ1v) is 8.26. The number of carbonyl (C=O) groups is 3. The number of carboxylic acid groups (broad SMARTS) is 1. The van der Waals surface area contributed by atoms with Crippen LogP contribution in [0, 0.1) is 11.8 Å². The Kier molecular flexibility index (Phi) is 12.3. The summed E-state index contributed by atoms with van der Waals surface area (Å²) in [5.74, 6) is -1.54. The molecule has 0 aliphatic carbocycles. The van der Waals surface area contributed by atoms with Crippen molar-refractivity contribution in [1.29, 1.82) is 0 Å². The van der Waals surface area contributed by atoms with Crippen molar-refractivity contribution in [2.45, 2.75) is 52.7 Å². The van der Waals surface area contributed by atoms with E-state index in [-0.39, 0.29) is 44.2 Å². The highest BCUT2D eigenvalue weighted by atomic mass is 17.1. The third kappa shape index (κ3) is 14.4. The highest BCUT2D eigenvalue weighted by Crippen LogP contribution is 2.14. The zero-order chi connectivity index (χ0) is 20.1. The summed E-state index contributed by atoms with van der Waals surface area (Å²) in [7, 11) is 0. The van der Waals surface area contributed by atoms with Gasteiger partial charge in [-0.05, 0) is 24.7 Å². The van der Waals surface area contributed by atoms with Crippen molar-refractivity contribution in [3.05, 3.63) is 0 Å². The number of ether oxygens (including phenoxy) is 2. The van der Waals surface area contributed by atoms with Crippen LogP contribution < -0.4 is 5.32 Å². The Morgan fingerprint density at radius 3 is 2.31 bits per heavy atom. The molecule has 0 saturated carbocycles. The van der Waals surface area contributed by atoms with Crippen molar-refractivity contribution < 1.29 is 44.2 Å². The number of carbonyl (C=O) groups excluding carboxylic acids is 2. The largest absolute Gasteiger partial charge is 0.481 e. The van der Waals surface area contributed by atoms with E-state index >= 15 is 0 Å². The fraction of sp³-hybridized carbons (Fsp3) is 0.800. The van der Waals surface area contributed by atoms with Gasteiger partial charge in [-0.15, -0.1) is 0 Å². The molecule has 0 aliphatic heterocycles. The van der Waals surface area contributed by atoms with Crippen LogP contribution in [-0.4, -0.2) is 58.4 Å². The van der Waals surface area contributed by atoms with Gasteiger partial charge in [-0.2, -0.15) is 0 Å². The van der Waals surface area contributed by atoms with Crippen molar-refractivity contribution in [1.82, 2.24) is 10.7 Å². The van der Waals surface area contributed by atoms with Crippen LogP contribution in [0.1, 0.15) is 46.5 Å². The number of amides is 1. The van der Waals surface area contributed by atoms with Crippen LogP contribution in [0.2, 0.25) is 0 Å². The van der Waals surface area contributed by atoms with E-state index in [1.807, 2.05) is 13.8 Å². The number of nitrogens with zero attached hydrogens (tertiary/aromatic N) is 1. The van der Waals surface area contributed by atoms with E-state index in [0.717, 1.165) is 0 Å². The summed E-state index contributed by atoms with van der Waals surface area (Å²) in [6, 6.07) is 0. The first-order valence-electron chi connectivity index (χ1n) is 8.26. The highest BCUT2D eigenvalue weighted by molar-refractivity contribution is 5.70. The van der Waals surface area contributed by atoms with Crippen molar-refractivity contribution in [3.63, 3.8) is 0 Å². The van der Waals surface area contributed by atoms with Crippen molar-refractivity contribution in [2.75, 3.05) is 13.2 Å². The molecule has 0 bridgehead atoms. The Balaban J connectivity index is 4.08. The first-order chi connectivity index (χ1) is 12.1. The van der Waals surface area contributed by atoms with Crippen LogP contribution in [0.25, 0.3) is 0 Å². The lowest BCUT2D eigenvalue weighted by Gasteiger charge is -2.19. The van der Waals surface area contributed by atoms with Crippen LogP contribution in [0.5, 0.6) is 0 Å². The number of nitrogens with one attached hydrogen (secondary N) is 1. The number of esters is 1. The van der Waals surface area contributed by atoms with Gasteiger partial charge in [0.25, 0.3) is 0 Å². The average Bonchev–Trinajstić information content (AvgIpc) is 2.47. The monoisotopic (exact) mass is 380 g/mol. The molecule has 4 N–H and O–H groups in total. The van der Waals surface area contributed by atoms with E-state index in [0.29, 0.717) is 6.42 Å². The molecule has 0 spiro atoms. The summed E-state index contributed by atoms with van der Waals surface area (Å²) < 4.78 is 9.72. The molecule has 0 aromatic rings. The Hall–Kier alpha value is -1.95. The maximum atomic E-state index is 11.7. The minimum Gasteiger partial charge on any atom is -0.481 e. The van der Waals surface area contributed by atoms with Crippen LogP contribution in [-0.2, 0) is 23.9 Å². The average molecular weight is 380 g/mol. The lowest BCUT2D eigenvalue weighted by molar-refractivity contribution is -0.492. The number of rotatable bonds is 13. The molecule has 1 amide bonds. The quantitative estimate of drug-likeness (QED) is 0.160. The summed E-state index contributed by atoms with van der Waals surface area (Å²) in [5, 5.41) is 27.5. The molecule has 0 aliphatic rings. The van der Waals surface area contributed by atoms with E-state index in [1.165, 1.54) is 6.92 Å². The van der Waals surface area contributed by atoms with Crippen LogP contribution in [0.15, 0.2) is 0 Å². The second-order valence-electron chi connectivity index (χ2n) is 6.13. The van der Waals surface area contributed by atoms with Gasteiger partial charge in [0.05, 0.1) is 12.0 Å². The minimum atomic E-state index is -1.13. The summed E-state index contributed by atoms with van der Waals surface area (Å²) in [5.41, 5.74) is 0. The molecule has 1 unspecified atom stereocenters. The van der Waals surface area contributed by atoms with E-state index < -0.39 is 29.7 Å². The summed E-state index contributed by atoms with van der Waals surface area (Å²) in [6.45, 7) is 5.30. The molecule has 11 nitrogen and oxygen atoms in total. The van der Waals surface area contributed by atoms with Crippen LogP contribution >= 0.6 is 0 Å². The maximum Gasteiger partial charge on any atom is 0.410 e. The third-order valence-electron chi connectivity index (χ3n) is 3.11. The summed E-state index contributed by atoms with van der Waals surface area (Å²) in [4.78, 5) is 38.3. The molecule has 0 radical (unpaired) electrons. The van der Waals surface area contributed by atoms with Gasteiger partial charge in [0.1, 0.15) is 0 Å². The van der Waals surface area contributed by atoms with Gasteiger partial charge in [0.15, 0.2) is 0 Å². The second-order valence-corrected chi connectivity index (χ2v) is 6.13. The first kappa shape index (κ1) is 24.1. The SMILES string of the molecule is CC(C)C[C@H](CNC(=O)OC(C)OC(=O)CCCON(O)O)CC(=O)O. The Labute approximate surface area is 151 Å². The molecular weight excluding hydrogens is 352 g/mol. The van der Waals surface area contributed by atoms with Gasteiger partial charge in [-0.1, -0.05) is 13.8 Å². The van der Waals surface area contributed by atoms with E-state index in [9.17, 15) is 14.4 Å². The molecular formula is C15H28N2O9. The van der Waals surface area contributed by atoms with Gasteiger partial charge in [0, 0.05) is 26.3 Å². The summed E-state index contributed by atoms with van der Waals surface area (Å²) >= 11 is 0. The zero-order valence-electron chi connectivity index (χ0n) is 15.2. The van der Waals surface area contributed by atoms with E-state index in [2.05, 4.69) is 10.2 Å². The predicted octanol–water partition coefficient (Wildman–Crippen LogP) is 1.53. The van der Waals surface area contributed by atoms with Gasteiger partial charge in [0.2, 0.25) is 6.29 Å². The molecule has 26 heavy (non-hydrogen) atoms. The molecule has 152 valence electrons. The molecule has 0 heterocycles. The topological polar surface area (TPSA) is 155 Å². The number of carboxylic acids is 1. The third-order valence-corrected chi connectivity index (χ3v) is 3.11. The molecule has 0 aromatic carbocycles. The van der Waals surface area contributed by atoms with Gasteiger partial charge in [-0.3, -0.25) is 24.8 Å². The number of aliphatic carboxylic acids is 1. The Bertz CT molecular complexity index is 443. The van der Waals surface area contributed by atoms with Crippen molar-refractivity contribution in [3.8, 4) is 0 Å². The van der Waals surface area contributed by atoms with Gasteiger partial charge in [-0.25, -0.2) is 4.79 Å². The van der Waals surface area contributed by atoms with Gasteiger partial charge >= 0.3 is 18.0 Å². The highest BCUT2D eigenvalue weighted by Gasteiger charge is 2.18. The lowest BCUT2D eigenvalue weighted by Crippen LogP contribution is -2.34. The molecule has 0 fully saturated rings. The fourth-order valence-corrected chi connectivity index (χ4v) is 2.20. The van der Waals surface area contributed by atoms with Crippen molar-refractivity contribution >= 4 is 18.0 Å². The smallest absolute Gasteiger partial charge is 0.410 e. The Morgan fingerprint density at radius 1 is 1.12 bits per heavy atom. The summed E-state index contributed by atoms with van der Waals surface area (Å²) in [6.07, 6.45) is -1.27. The maximum absolute atomic E-state index is 11.7. The molecule has 0 aromatic heterocycles. The second kappa shape index (κ2) is 13.3. The lowest BCUT2D eigenvalue weighted by atomic mass is 9.94. The van der Waals surface area contributed by atoms with E-state index in [1.54, 1.807) is 0 Å². The fourth-order valence-electron chi connectivity index (χ4n) is 2.20. The van der Waals surface area contributed by atoms with Crippen LogP contribution in [0.3, 0.4) is 0 Å². The number of hydrogen-bond acceptors (Lipinski definition) is 9. The van der Waals surface area contributed by atoms with E-state index in [4.69, 9.17) is 25.0 Å². The molecule has 0 rings (SSSR count). The van der Waals surface area contributed by atoms with Crippen LogP contribution in [0.4, 0.5) is 4.79 Å². The molecule has 2 atom stereocenters. The molecule has 0 saturated heterocycles. The predicted molar refractivity (Wildman–Crippen MR) is 85.8 cm³/mol. The zero-order valence-corrected chi connectivity index (χ0v) is 15.2. The minimum absolute atomic E-state index is 0.0653. The normalized spacial score (nSPS) is 13.3. The molecule has 11 heteroatoms. The Morgan fingerprint density at radius 2 is 1.77 bits per heavy atom. The standard InChI is InChI=1S/C15H28N2O9/c1-10(2)7-12(8-13(18)19)9-16-15(21)26-11(3)25-14(20)5-4-6-24-17(22)23/h10-12,22-23H,4-9H2,1-3H3,(H,16,21)(H,18,19)/t11?,12-/m0/s1. The van der Waals surface area contributed by atoms with Gasteiger partial charge < -0.3 is 19.9 Å². The number of alkyl carbamates (subject to hydrolysis) is 1. The van der Waals surface area contributed by atoms with Crippen molar-refractivity contribution in [2.24, 2.45) is 11.8 Å². The number of hydrogen-bond donors (Lipinski definition) is 4.